The minimum Gasteiger partial charge on any atom is -0.481 e. The van der Waals surface area contributed by atoms with E-state index in [1.807, 2.05) is 0 Å². The first-order valence-corrected chi connectivity index (χ1v) is 9.03. The van der Waals surface area contributed by atoms with Crippen LogP contribution in [0.25, 0.3) is 0 Å². The summed E-state index contributed by atoms with van der Waals surface area (Å²) < 4.78 is 9.50. The first-order valence-electron chi connectivity index (χ1n) is 3.84. The van der Waals surface area contributed by atoms with Crippen LogP contribution in [0.3, 0.4) is 0 Å². The summed E-state index contributed by atoms with van der Waals surface area (Å²) in [6.07, 6.45) is -0.458. The number of hydrogen-bond donors (Lipinski definition) is 2. The Morgan fingerprint density at radius 1 is 1.50 bits per heavy atom. The van der Waals surface area contributed by atoms with Gasteiger partial charge in [-0.05, 0) is 0 Å². The Morgan fingerprint density at radius 3 is 2.56 bits per heavy atom. The highest BCUT2D eigenvalue weighted by Gasteiger charge is 2.31. The van der Waals surface area contributed by atoms with Gasteiger partial charge in [0.1, 0.15) is 11.4 Å². The molecule has 0 aromatic carbocycles. The first kappa shape index (κ1) is 16.1. The van der Waals surface area contributed by atoms with E-state index >= 15 is 0 Å². The molecule has 0 aromatic heterocycles. The molecule has 10 heteroatoms. The van der Waals surface area contributed by atoms with Crippen molar-refractivity contribution in [2.45, 2.75) is 11.7 Å². The van der Waals surface area contributed by atoms with Gasteiger partial charge in [-0.1, -0.05) is 0 Å². The van der Waals surface area contributed by atoms with E-state index in [1.54, 1.807) is 0 Å². The fourth-order valence-corrected chi connectivity index (χ4v) is 5.91. The maximum Gasteiger partial charge on any atom is 0.348 e. The second-order valence-corrected chi connectivity index (χ2v) is 10.4. The molecule has 0 saturated heterocycles. The van der Waals surface area contributed by atoms with Crippen molar-refractivity contribution in [3.63, 3.8) is 0 Å². The molecule has 0 heterocycles. The van der Waals surface area contributed by atoms with Crippen molar-refractivity contribution in [2.24, 2.45) is 0 Å². The van der Waals surface area contributed by atoms with E-state index in [4.69, 9.17) is 26.2 Å². The molecule has 0 aromatic rings. The van der Waals surface area contributed by atoms with Gasteiger partial charge >= 0.3 is 17.0 Å². The lowest BCUT2D eigenvalue weighted by atomic mass is 10.3. The zero-order chi connectivity index (χ0) is 12.6. The van der Waals surface area contributed by atoms with Crippen LogP contribution in [0.5, 0.6) is 0 Å². The maximum absolute atomic E-state index is 10.7. The molecule has 0 amide bonds. The Labute approximate surface area is 106 Å². The number of carbonyl (C=O) groups is 2. The average molecular weight is 305 g/mol. The monoisotopic (exact) mass is 305 g/mol. The van der Waals surface area contributed by atoms with Gasteiger partial charge in [-0.2, -0.15) is 0 Å². The summed E-state index contributed by atoms with van der Waals surface area (Å²) in [7, 11) is 1.45. The zero-order valence-electron chi connectivity index (χ0n) is 8.19. The number of methoxy groups -OCH3 is 1. The Hall–Kier alpha value is 0.0800. The van der Waals surface area contributed by atoms with E-state index in [2.05, 4.69) is 4.74 Å². The quantitative estimate of drug-likeness (QED) is 0.285. The Balaban J connectivity index is 4.03. The second kappa shape index (κ2) is 9.15. The normalized spacial score (nSPS) is 13.2. The van der Waals surface area contributed by atoms with Gasteiger partial charge in [0.2, 0.25) is 0 Å². The van der Waals surface area contributed by atoms with Crippen molar-refractivity contribution < 1.29 is 28.7 Å². The Kier molecular flexibility index (Phi) is 9.19. The predicted molar refractivity (Wildman–Crippen MR) is 66.1 cm³/mol. The molecule has 0 rings (SSSR count). The summed E-state index contributed by atoms with van der Waals surface area (Å²) in [5.74, 6) is -2.35. The van der Waals surface area contributed by atoms with Crippen LogP contribution < -0.4 is 0 Å². The van der Waals surface area contributed by atoms with Crippen molar-refractivity contribution in [3.8, 4) is 0 Å². The van der Waals surface area contributed by atoms with Crippen LogP contribution in [0.2, 0.25) is 0 Å². The molecule has 6 nitrogen and oxygen atoms in total. The number of hydrogen-bond acceptors (Lipinski definition) is 7. The Bertz CT molecular complexity index is 273. The molecular formula is C6H10O6PS3+. The third-order valence-corrected chi connectivity index (χ3v) is 6.85. The third-order valence-electron chi connectivity index (χ3n) is 1.13. The Morgan fingerprint density at radius 2 is 2.12 bits per heavy atom. The summed E-state index contributed by atoms with van der Waals surface area (Å²) in [6, 6.07) is 0. The van der Waals surface area contributed by atoms with Crippen molar-refractivity contribution in [2.75, 3.05) is 13.9 Å². The molecule has 16 heavy (non-hydrogen) atoms. The maximum atomic E-state index is 10.7. The molecule has 2 atom stereocenters. The molecule has 92 valence electrons. The topological polar surface area (TPSA) is 93.1 Å². The third kappa shape index (κ3) is 8.26. The van der Waals surface area contributed by atoms with E-state index in [0.29, 0.717) is 0 Å². The second-order valence-electron chi connectivity index (χ2n) is 2.35. The van der Waals surface area contributed by atoms with Crippen LogP contribution >= 0.6 is 28.1 Å². The molecule has 2 N–H and O–H groups in total. The summed E-state index contributed by atoms with van der Waals surface area (Å²) in [5, 5.41) is 15.0. The molecule has 0 aliphatic heterocycles. The lowest BCUT2D eigenvalue weighted by molar-refractivity contribution is -0.142. The molecule has 0 aliphatic carbocycles. The summed E-state index contributed by atoms with van der Waals surface area (Å²) in [5.41, 5.74) is 0. The van der Waals surface area contributed by atoms with Crippen LogP contribution in [0.15, 0.2) is 0 Å². The minimum absolute atomic E-state index is 0.0529. The molecule has 0 bridgehead atoms. The fourth-order valence-electron chi connectivity index (χ4n) is 0.562. The molecule has 2 unspecified atom stereocenters. The van der Waals surface area contributed by atoms with Gasteiger partial charge in [0.15, 0.2) is 23.8 Å². The van der Waals surface area contributed by atoms with E-state index in [9.17, 15) is 9.59 Å². The standard InChI is InChI=1S/C6H9O6PS3/c1-11-3-12-16-13(14)15-4(6(9)10)2-5(7)8/h4H,2-3H2,1H3,(H-,7,8,9,10)/p+1. The van der Waals surface area contributed by atoms with Crippen molar-refractivity contribution in [1.29, 1.82) is 0 Å². The minimum atomic E-state index is -1.22. The van der Waals surface area contributed by atoms with Crippen LogP contribution in [0, 0.1) is 0 Å². The lowest BCUT2D eigenvalue weighted by Crippen LogP contribution is -2.19. The number of carboxylic acid groups (broad SMARTS) is 2. The fraction of sp³-hybridized carbons (Fsp3) is 0.667. The molecule has 0 radical (unpaired) electrons. The van der Waals surface area contributed by atoms with Gasteiger partial charge in [-0.25, -0.2) is 4.18 Å². The average Bonchev–Trinajstić information content (AvgIpc) is 2.16. The SMILES string of the molecule is COCOS[P+](=S)SC(CC(=O)O)C(=O)O. The van der Waals surface area contributed by atoms with Crippen molar-refractivity contribution in [3.05, 3.63) is 0 Å². The van der Waals surface area contributed by atoms with Gasteiger partial charge in [0, 0.05) is 7.11 Å². The van der Waals surface area contributed by atoms with Gasteiger partial charge in [-0.15, -0.1) is 0 Å². The zero-order valence-corrected chi connectivity index (χ0v) is 11.5. The molecule has 0 saturated carbocycles. The predicted octanol–water partition coefficient (Wildman–Crippen LogP) is 1.69. The molecule has 0 fully saturated rings. The van der Waals surface area contributed by atoms with E-state index in [0.717, 1.165) is 23.0 Å². The highest BCUT2D eigenvalue weighted by Crippen LogP contribution is 2.53. The largest absolute Gasteiger partial charge is 0.481 e. The highest BCUT2D eigenvalue weighted by atomic mass is 33.2. The number of ether oxygens (including phenoxy) is 1. The number of rotatable bonds is 9. The summed E-state index contributed by atoms with van der Waals surface area (Å²) in [4.78, 5) is 21.1. The van der Waals surface area contributed by atoms with Gasteiger partial charge in [0.25, 0.3) is 11.7 Å². The van der Waals surface area contributed by atoms with Gasteiger partial charge in [-0.3, -0.25) is 9.59 Å². The summed E-state index contributed by atoms with van der Waals surface area (Å²) >= 11 is 6.80. The van der Waals surface area contributed by atoms with E-state index < -0.39 is 28.7 Å². The van der Waals surface area contributed by atoms with Crippen LogP contribution in [-0.4, -0.2) is 41.3 Å². The van der Waals surface area contributed by atoms with Crippen LogP contribution in [-0.2, 0) is 30.3 Å². The summed E-state index contributed by atoms with van der Waals surface area (Å²) in [6.45, 7) is 0.0529. The van der Waals surface area contributed by atoms with E-state index in [1.165, 1.54) is 7.11 Å². The highest BCUT2D eigenvalue weighted by molar-refractivity contribution is 8.93. The molecule has 0 aliphatic rings. The smallest absolute Gasteiger partial charge is 0.348 e. The van der Waals surface area contributed by atoms with Gasteiger partial charge in [0.05, 0.1) is 6.42 Å². The number of aliphatic carboxylic acids is 2. The van der Waals surface area contributed by atoms with Crippen molar-refractivity contribution >= 4 is 51.9 Å². The van der Waals surface area contributed by atoms with E-state index in [-0.39, 0.29) is 6.79 Å². The van der Waals surface area contributed by atoms with Gasteiger partial charge < -0.3 is 14.9 Å². The first-order chi connectivity index (χ1) is 7.47. The van der Waals surface area contributed by atoms with Crippen molar-refractivity contribution in [1.82, 2.24) is 0 Å². The van der Waals surface area contributed by atoms with Crippen LogP contribution in [0.4, 0.5) is 0 Å². The molecular weight excluding hydrogens is 295 g/mol. The van der Waals surface area contributed by atoms with Crippen LogP contribution in [0.1, 0.15) is 6.42 Å². The lowest BCUT2D eigenvalue weighted by Gasteiger charge is -2.01. The number of carboxylic acids is 2. The molecule has 0 spiro atoms.